The van der Waals surface area contributed by atoms with Crippen molar-refractivity contribution in [3.8, 4) is 5.75 Å². The van der Waals surface area contributed by atoms with Gasteiger partial charge < -0.3 is 20.1 Å². The minimum Gasteiger partial charge on any atom is -0.492 e. The molecule has 0 saturated heterocycles. The minimum absolute atomic E-state index is 0.0355. The van der Waals surface area contributed by atoms with Gasteiger partial charge in [-0.1, -0.05) is 11.6 Å². The van der Waals surface area contributed by atoms with Gasteiger partial charge in [0.15, 0.2) is 0 Å². The molecule has 1 heterocycles. The third kappa shape index (κ3) is 3.95. The molecule has 1 aliphatic heterocycles. The third-order valence-corrected chi connectivity index (χ3v) is 4.33. The Labute approximate surface area is 158 Å². The summed E-state index contributed by atoms with van der Waals surface area (Å²) in [7, 11) is 1.20. The van der Waals surface area contributed by atoms with Crippen LogP contribution in [-0.4, -0.2) is 25.7 Å². The molecule has 2 N–H and O–H groups in total. The summed E-state index contributed by atoms with van der Waals surface area (Å²) in [6.45, 7) is 0.174. The van der Waals surface area contributed by atoms with Crippen molar-refractivity contribution in [3.05, 3.63) is 58.1 Å². The zero-order valence-electron chi connectivity index (χ0n) is 14.1. The number of benzene rings is 2. The van der Waals surface area contributed by atoms with Crippen molar-refractivity contribution in [2.24, 2.45) is 0 Å². The molecule has 0 unspecified atom stereocenters. The third-order valence-electron chi connectivity index (χ3n) is 4.04. The number of amides is 2. The van der Waals surface area contributed by atoms with Crippen molar-refractivity contribution in [3.63, 3.8) is 0 Å². The first-order valence-electron chi connectivity index (χ1n) is 7.96. The molecular weight excluding hydrogens is 382 g/mol. The van der Waals surface area contributed by atoms with Gasteiger partial charge in [-0.2, -0.15) is 0 Å². The monoisotopic (exact) mass is 396 g/mol. The molecule has 0 fully saturated rings. The minimum atomic E-state index is -0.719. The first kappa shape index (κ1) is 18.9. The van der Waals surface area contributed by atoms with Crippen LogP contribution in [0.4, 0.5) is 19.3 Å². The Hall–Kier alpha value is -2.87. The van der Waals surface area contributed by atoms with Gasteiger partial charge in [-0.05, 0) is 30.3 Å². The first-order valence-corrected chi connectivity index (χ1v) is 8.34. The van der Waals surface area contributed by atoms with E-state index in [1.165, 1.54) is 25.3 Å². The van der Waals surface area contributed by atoms with Gasteiger partial charge in [-0.25, -0.2) is 13.6 Å². The van der Waals surface area contributed by atoms with Crippen LogP contribution in [0.3, 0.4) is 0 Å². The molecule has 3 rings (SSSR count). The second kappa shape index (κ2) is 7.79. The van der Waals surface area contributed by atoms with E-state index in [9.17, 15) is 18.4 Å². The highest BCUT2D eigenvalue weighted by atomic mass is 35.5. The number of nitrogens with one attached hydrogen (secondary N) is 2. The second-order valence-corrected chi connectivity index (χ2v) is 6.15. The van der Waals surface area contributed by atoms with Crippen molar-refractivity contribution < 1.29 is 27.8 Å². The largest absolute Gasteiger partial charge is 0.492 e. The number of alkyl carbamates (subject to hydrolysis) is 1. The number of halogens is 3. The topological polar surface area (TPSA) is 76.7 Å². The van der Waals surface area contributed by atoms with Crippen molar-refractivity contribution in [2.45, 2.75) is 12.5 Å². The number of fused-ring (bicyclic) bond motifs is 1. The average molecular weight is 397 g/mol. The Kier molecular flexibility index (Phi) is 5.46. The standard InChI is InChI=1S/C18H15ClF2N2O4/c1-26-18(25)23-14-6-7-27-16-10(3-5-13(21)15(14)16)17(24)22-9-2-4-12(20)11(19)8-9/h2-5,8,14H,6-7H2,1H3,(H,22,24)(H,23,25)/t14-/m1/s1. The summed E-state index contributed by atoms with van der Waals surface area (Å²) in [6.07, 6.45) is -0.402. The summed E-state index contributed by atoms with van der Waals surface area (Å²) in [5.74, 6) is -1.79. The lowest BCUT2D eigenvalue weighted by Gasteiger charge is -2.28. The zero-order valence-corrected chi connectivity index (χ0v) is 14.9. The Balaban J connectivity index is 1.92. The van der Waals surface area contributed by atoms with Crippen LogP contribution >= 0.6 is 11.6 Å². The van der Waals surface area contributed by atoms with Gasteiger partial charge in [0.25, 0.3) is 5.91 Å². The van der Waals surface area contributed by atoms with Gasteiger partial charge in [-0.15, -0.1) is 0 Å². The van der Waals surface area contributed by atoms with Crippen molar-refractivity contribution in [2.75, 3.05) is 19.0 Å². The van der Waals surface area contributed by atoms with Crippen molar-refractivity contribution in [1.29, 1.82) is 0 Å². The SMILES string of the molecule is COC(=O)N[C@@H]1CCOc2c(C(=O)Nc3ccc(F)c(Cl)c3)ccc(F)c21. The van der Waals surface area contributed by atoms with E-state index in [0.29, 0.717) is 6.42 Å². The molecule has 0 spiro atoms. The van der Waals surface area contributed by atoms with Gasteiger partial charge in [-0.3, -0.25) is 4.79 Å². The maximum absolute atomic E-state index is 14.4. The number of ether oxygens (including phenoxy) is 2. The summed E-state index contributed by atoms with van der Waals surface area (Å²) in [4.78, 5) is 24.1. The van der Waals surface area contributed by atoms with Crippen LogP contribution < -0.4 is 15.4 Å². The highest BCUT2D eigenvalue weighted by molar-refractivity contribution is 6.31. The molecule has 2 aromatic rings. The number of methoxy groups -OCH3 is 1. The molecule has 2 amide bonds. The first-order chi connectivity index (χ1) is 12.9. The molecular formula is C18H15ClF2N2O4. The Bertz CT molecular complexity index is 907. The van der Waals surface area contributed by atoms with Crippen LogP contribution in [-0.2, 0) is 4.74 Å². The van der Waals surface area contributed by atoms with Crippen LogP contribution in [0.5, 0.6) is 5.75 Å². The molecule has 0 aliphatic carbocycles. The van der Waals surface area contributed by atoms with E-state index in [4.69, 9.17) is 16.3 Å². The van der Waals surface area contributed by atoms with Crippen LogP contribution in [0.25, 0.3) is 0 Å². The number of hydrogen-bond donors (Lipinski definition) is 2. The fourth-order valence-electron chi connectivity index (χ4n) is 2.78. The van der Waals surface area contributed by atoms with E-state index >= 15 is 0 Å². The Morgan fingerprint density at radius 1 is 1.22 bits per heavy atom. The quantitative estimate of drug-likeness (QED) is 0.820. The number of carbonyl (C=O) groups is 2. The van der Waals surface area contributed by atoms with Crippen molar-refractivity contribution >= 4 is 29.3 Å². The lowest BCUT2D eigenvalue weighted by Crippen LogP contribution is -2.33. The predicted octanol–water partition coefficient (Wildman–Crippen LogP) is 4.05. The number of hydrogen-bond acceptors (Lipinski definition) is 4. The molecule has 0 saturated carbocycles. The van der Waals surface area contributed by atoms with E-state index in [1.807, 2.05) is 0 Å². The number of carbonyl (C=O) groups excluding carboxylic acids is 2. The average Bonchev–Trinajstić information content (AvgIpc) is 2.65. The van der Waals surface area contributed by atoms with Gasteiger partial charge in [0.1, 0.15) is 17.4 Å². The number of rotatable bonds is 3. The highest BCUT2D eigenvalue weighted by Crippen LogP contribution is 2.37. The van der Waals surface area contributed by atoms with Crippen LogP contribution in [0.2, 0.25) is 5.02 Å². The zero-order chi connectivity index (χ0) is 19.6. The normalized spacial score (nSPS) is 15.3. The molecule has 0 radical (unpaired) electrons. The van der Waals surface area contributed by atoms with Gasteiger partial charge in [0.05, 0.1) is 35.9 Å². The molecule has 27 heavy (non-hydrogen) atoms. The van der Waals surface area contributed by atoms with E-state index in [2.05, 4.69) is 15.4 Å². The van der Waals surface area contributed by atoms with Crippen LogP contribution in [0.15, 0.2) is 30.3 Å². The molecule has 1 aliphatic rings. The van der Waals surface area contributed by atoms with E-state index in [-0.39, 0.29) is 34.2 Å². The molecule has 1 atom stereocenters. The van der Waals surface area contributed by atoms with E-state index in [1.54, 1.807) is 0 Å². The van der Waals surface area contributed by atoms with Gasteiger partial charge >= 0.3 is 6.09 Å². The van der Waals surface area contributed by atoms with Gasteiger partial charge in [0, 0.05) is 12.1 Å². The summed E-state index contributed by atoms with van der Waals surface area (Å²) in [6, 6.07) is 5.41. The highest BCUT2D eigenvalue weighted by Gasteiger charge is 2.30. The lowest BCUT2D eigenvalue weighted by molar-refractivity contribution is 0.102. The summed E-state index contributed by atoms with van der Waals surface area (Å²) >= 11 is 5.71. The fourth-order valence-corrected chi connectivity index (χ4v) is 2.96. The summed E-state index contributed by atoms with van der Waals surface area (Å²) in [5.41, 5.74) is 0.407. The smallest absolute Gasteiger partial charge is 0.407 e. The molecule has 0 aromatic heterocycles. The summed E-state index contributed by atoms with van der Waals surface area (Å²) in [5, 5.41) is 4.94. The Morgan fingerprint density at radius 2 is 1.96 bits per heavy atom. The maximum atomic E-state index is 14.4. The van der Waals surface area contributed by atoms with Crippen LogP contribution in [0, 0.1) is 11.6 Å². The Morgan fingerprint density at radius 3 is 2.67 bits per heavy atom. The second-order valence-electron chi connectivity index (χ2n) is 5.75. The molecule has 0 bridgehead atoms. The molecule has 2 aromatic carbocycles. The predicted molar refractivity (Wildman–Crippen MR) is 94.2 cm³/mol. The fraction of sp³-hybridized carbons (Fsp3) is 0.222. The molecule has 9 heteroatoms. The molecule has 6 nitrogen and oxygen atoms in total. The summed E-state index contributed by atoms with van der Waals surface area (Å²) < 4.78 is 37.7. The lowest BCUT2D eigenvalue weighted by atomic mass is 9.96. The molecule has 142 valence electrons. The maximum Gasteiger partial charge on any atom is 0.407 e. The van der Waals surface area contributed by atoms with E-state index < -0.39 is 29.7 Å². The number of anilines is 1. The van der Waals surface area contributed by atoms with Crippen LogP contribution in [0.1, 0.15) is 28.4 Å². The van der Waals surface area contributed by atoms with Gasteiger partial charge in [0.2, 0.25) is 0 Å². The van der Waals surface area contributed by atoms with E-state index in [0.717, 1.165) is 12.1 Å². The van der Waals surface area contributed by atoms with Crippen molar-refractivity contribution in [1.82, 2.24) is 5.32 Å².